The van der Waals surface area contributed by atoms with Crippen molar-refractivity contribution in [1.29, 1.82) is 0 Å². The lowest BCUT2D eigenvalue weighted by Gasteiger charge is -2.45. The number of hydrogen-bond donors (Lipinski definition) is 1. The molecule has 2 aliphatic rings. The number of piperidine rings is 1. The second-order valence-corrected chi connectivity index (χ2v) is 8.35. The van der Waals surface area contributed by atoms with Crippen molar-refractivity contribution in [3.8, 4) is 0 Å². The van der Waals surface area contributed by atoms with Crippen LogP contribution in [0.25, 0.3) is 0 Å². The second kappa shape index (κ2) is 7.52. The number of halogens is 1. The minimum Gasteiger partial charge on any atom is -1.00 e. The van der Waals surface area contributed by atoms with Crippen LogP contribution in [0.15, 0.2) is 48.8 Å². The SMILES string of the molecule is C[N+]1(C)[C@H]2CC[C@H]1CC(CC(O)(c1ccccn1)c1ccccn1)C2.[I-]. The molecule has 140 valence electrons. The van der Waals surface area contributed by atoms with Gasteiger partial charge >= 0.3 is 0 Å². The molecule has 4 heterocycles. The molecule has 4 nitrogen and oxygen atoms in total. The normalized spacial score (nSPS) is 27.0. The second-order valence-electron chi connectivity index (χ2n) is 8.35. The highest BCUT2D eigenvalue weighted by atomic mass is 127. The van der Waals surface area contributed by atoms with Gasteiger partial charge in [0.25, 0.3) is 0 Å². The molecule has 2 bridgehead atoms. The molecule has 2 aromatic rings. The van der Waals surface area contributed by atoms with E-state index in [1.165, 1.54) is 25.7 Å². The predicted octanol–water partition coefficient (Wildman–Crippen LogP) is 0.124. The minimum atomic E-state index is -1.11. The van der Waals surface area contributed by atoms with Gasteiger partial charge in [0.1, 0.15) is 5.60 Å². The number of hydrogen-bond acceptors (Lipinski definition) is 3. The number of fused-ring (bicyclic) bond motifs is 2. The van der Waals surface area contributed by atoms with Crippen LogP contribution >= 0.6 is 0 Å². The van der Waals surface area contributed by atoms with E-state index in [-0.39, 0.29) is 24.0 Å². The summed E-state index contributed by atoms with van der Waals surface area (Å²) in [5, 5.41) is 11.7. The van der Waals surface area contributed by atoms with Gasteiger partial charge in [0.15, 0.2) is 0 Å². The molecule has 2 aliphatic heterocycles. The van der Waals surface area contributed by atoms with E-state index < -0.39 is 5.60 Å². The van der Waals surface area contributed by atoms with Crippen LogP contribution in [0.4, 0.5) is 0 Å². The van der Waals surface area contributed by atoms with Crippen molar-refractivity contribution < 1.29 is 33.6 Å². The first-order chi connectivity index (χ1) is 12.0. The van der Waals surface area contributed by atoms with Crippen LogP contribution in [0.5, 0.6) is 0 Å². The number of pyridine rings is 2. The van der Waals surface area contributed by atoms with Crippen LogP contribution in [0, 0.1) is 5.92 Å². The van der Waals surface area contributed by atoms with Gasteiger partial charge in [-0.25, -0.2) is 0 Å². The molecular formula is C21H28IN3O. The van der Waals surface area contributed by atoms with Gasteiger partial charge in [0.2, 0.25) is 0 Å². The van der Waals surface area contributed by atoms with Crippen LogP contribution in [0.3, 0.4) is 0 Å². The minimum absolute atomic E-state index is 0. The van der Waals surface area contributed by atoms with Crippen LogP contribution in [0.1, 0.15) is 43.5 Å². The zero-order valence-corrected chi connectivity index (χ0v) is 17.7. The topological polar surface area (TPSA) is 46.0 Å². The molecule has 26 heavy (non-hydrogen) atoms. The summed E-state index contributed by atoms with van der Waals surface area (Å²) in [6.07, 6.45) is 9.23. The summed E-state index contributed by atoms with van der Waals surface area (Å²) < 4.78 is 1.15. The fourth-order valence-electron chi connectivity index (χ4n) is 5.13. The van der Waals surface area contributed by atoms with E-state index in [1.54, 1.807) is 12.4 Å². The van der Waals surface area contributed by atoms with Crippen molar-refractivity contribution in [3.05, 3.63) is 60.2 Å². The molecule has 0 spiro atoms. The molecule has 2 atom stereocenters. The number of quaternary nitrogens is 1. The first-order valence-corrected chi connectivity index (χ1v) is 9.39. The summed E-state index contributed by atoms with van der Waals surface area (Å²) in [7, 11) is 4.75. The van der Waals surface area contributed by atoms with E-state index in [1.807, 2.05) is 36.4 Å². The highest BCUT2D eigenvalue weighted by Crippen LogP contribution is 2.46. The Morgan fingerprint density at radius 1 is 0.962 bits per heavy atom. The predicted molar refractivity (Wildman–Crippen MR) is 97.7 cm³/mol. The number of aromatic nitrogens is 2. The first kappa shape index (κ1) is 19.7. The van der Waals surface area contributed by atoms with Crippen molar-refractivity contribution in [2.24, 2.45) is 5.92 Å². The van der Waals surface area contributed by atoms with Crippen molar-refractivity contribution in [2.75, 3.05) is 14.1 Å². The van der Waals surface area contributed by atoms with E-state index in [2.05, 4.69) is 24.1 Å². The third-order valence-corrected chi connectivity index (χ3v) is 6.69. The molecule has 2 fully saturated rings. The summed E-state index contributed by atoms with van der Waals surface area (Å²) in [5.74, 6) is 0.512. The summed E-state index contributed by atoms with van der Waals surface area (Å²) >= 11 is 0. The largest absolute Gasteiger partial charge is 1.00 e. The monoisotopic (exact) mass is 465 g/mol. The smallest absolute Gasteiger partial charge is 0.148 e. The number of nitrogens with zero attached hydrogens (tertiary/aromatic N) is 3. The molecule has 0 amide bonds. The van der Waals surface area contributed by atoms with Gasteiger partial charge in [0, 0.05) is 38.1 Å². The fourth-order valence-corrected chi connectivity index (χ4v) is 5.13. The van der Waals surface area contributed by atoms with Gasteiger partial charge in [-0.1, -0.05) is 12.1 Å². The Bertz CT molecular complexity index is 667. The van der Waals surface area contributed by atoms with Crippen LogP contribution in [0.2, 0.25) is 0 Å². The van der Waals surface area contributed by atoms with Crippen LogP contribution in [-0.4, -0.2) is 45.7 Å². The molecular weight excluding hydrogens is 437 g/mol. The third kappa shape index (κ3) is 3.41. The summed E-state index contributed by atoms with van der Waals surface area (Å²) in [5.41, 5.74) is 0.307. The molecule has 4 rings (SSSR count). The standard InChI is InChI=1S/C21H28N3O.HI/c1-24(2)17-9-10-18(24)14-16(13-17)15-21(25,19-7-3-5-11-22-19)20-8-4-6-12-23-20;/h3-8,11-12,16-18,25H,9-10,13-15H2,1-2H3;1H/q+1;/p-1/t17-,18-;/m0./s1. The Hall–Kier alpha value is -1.05. The van der Waals surface area contributed by atoms with Crippen molar-refractivity contribution in [3.63, 3.8) is 0 Å². The molecule has 0 unspecified atom stereocenters. The molecule has 2 saturated heterocycles. The van der Waals surface area contributed by atoms with E-state index in [0.717, 1.165) is 16.6 Å². The van der Waals surface area contributed by atoms with Gasteiger partial charge in [0.05, 0.1) is 37.6 Å². The lowest BCUT2D eigenvalue weighted by Crippen LogP contribution is -3.00. The molecule has 0 aromatic carbocycles. The molecule has 0 aliphatic carbocycles. The molecule has 2 aromatic heterocycles. The first-order valence-electron chi connectivity index (χ1n) is 9.39. The number of aliphatic hydroxyl groups is 1. The molecule has 5 heteroatoms. The summed E-state index contributed by atoms with van der Waals surface area (Å²) in [6.45, 7) is 0. The Balaban J connectivity index is 0.00000196. The quantitative estimate of drug-likeness (QED) is 0.516. The Morgan fingerprint density at radius 3 is 1.88 bits per heavy atom. The van der Waals surface area contributed by atoms with Gasteiger partial charge in [-0.2, -0.15) is 0 Å². The average molecular weight is 465 g/mol. The maximum Gasteiger partial charge on any atom is 0.148 e. The molecule has 1 N–H and O–H groups in total. The Kier molecular flexibility index (Phi) is 5.70. The lowest BCUT2D eigenvalue weighted by molar-refractivity contribution is -0.931. The van der Waals surface area contributed by atoms with Crippen molar-refractivity contribution in [1.82, 2.24) is 9.97 Å². The molecule has 0 radical (unpaired) electrons. The summed E-state index contributed by atoms with van der Waals surface area (Å²) in [6, 6.07) is 13.0. The highest BCUT2D eigenvalue weighted by molar-refractivity contribution is 5.27. The highest BCUT2D eigenvalue weighted by Gasteiger charge is 2.50. The average Bonchev–Trinajstić information content (AvgIpc) is 2.80. The zero-order chi connectivity index (χ0) is 17.5. The van der Waals surface area contributed by atoms with Gasteiger partial charge in [-0.15, -0.1) is 0 Å². The third-order valence-electron chi connectivity index (χ3n) is 6.69. The molecule has 0 saturated carbocycles. The Labute approximate surface area is 173 Å². The zero-order valence-electron chi connectivity index (χ0n) is 15.6. The van der Waals surface area contributed by atoms with Gasteiger partial charge in [-0.05, 0) is 36.6 Å². The fraction of sp³-hybridized carbons (Fsp3) is 0.524. The summed E-state index contributed by atoms with van der Waals surface area (Å²) in [4.78, 5) is 8.96. The lowest BCUT2D eigenvalue weighted by atomic mass is 9.78. The van der Waals surface area contributed by atoms with E-state index in [4.69, 9.17) is 0 Å². The van der Waals surface area contributed by atoms with E-state index in [0.29, 0.717) is 23.7 Å². The van der Waals surface area contributed by atoms with Crippen molar-refractivity contribution >= 4 is 0 Å². The number of rotatable bonds is 4. The Morgan fingerprint density at radius 2 is 1.46 bits per heavy atom. The van der Waals surface area contributed by atoms with Gasteiger partial charge < -0.3 is 33.6 Å². The maximum absolute atomic E-state index is 11.7. The van der Waals surface area contributed by atoms with Gasteiger partial charge in [-0.3, -0.25) is 9.97 Å². The van der Waals surface area contributed by atoms with E-state index >= 15 is 0 Å². The van der Waals surface area contributed by atoms with Crippen LogP contribution < -0.4 is 24.0 Å². The van der Waals surface area contributed by atoms with Crippen molar-refractivity contribution in [2.45, 2.75) is 49.8 Å². The van der Waals surface area contributed by atoms with E-state index in [9.17, 15) is 5.11 Å². The van der Waals surface area contributed by atoms with Crippen LogP contribution in [-0.2, 0) is 5.60 Å². The maximum atomic E-state index is 11.7.